The Morgan fingerprint density at radius 1 is 1.27 bits per heavy atom. The van der Waals surface area contributed by atoms with Gasteiger partial charge < -0.3 is 10.3 Å². The fourth-order valence-electron chi connectivity index (χ4n) is 2.07. The van der Waals surface area contributed by atoms with E-state index >= 15 is 0 Å². The molecule has 3 rings (SSSR count). The summed E-state index contributed by atoms with van der Waals surface area (Å²) in [5.74, 6) is -0.200. The maximum Gasteiger partial charge on any atom is 0.253 e. The predicted molar refractivity (Wildman–Crippen MR) is 82.0 cm³/mol. The SMILES string of the molecule is Cc1[nH]cnc1CNC(=O)c1cnnc(-c2ccccc2)c1. The van der Waals surface area contributed by atoms with Crippen LogP contribution in [-0.4, -0.2) is 26.1 Å². The molecular weight excluding hydrogens is 278 g/mol. The van der Waals surface area contributed by atoms with Crippen molar-refractivity contribution in [3.63, 3.8) is 0 Å². The summed E-state index contributed by atoms with van der Waals surface area (Å²) >= 11 is 0. The summed E-state index contributed by atoms with van der Waals surface area (Å²) in [5.41, 5.74) is 3.83. The van der Waals surface area contributed by atoms with Crippen LogP contribution in [0.2, 0.25) is 0 Å². The van der Waals surface area contributed by atoms with Crippen molar-refractivity contribution in [2.75, 3.05) is 0 Å². The van der Waals surface area contributed by atoms with E-state index < -0.39 is 0 Å². The molecule has 0 spiro atoms. The van der Waals surface area contributed by atoms with Gasteiger partial charge in [-0.3, -0.25) is 4.79 Å². The number of nitrogens with zero attached hydrogens (tertiary/aromatic N) is 3. The van der Waals surface area contributed by atoms with Gasteiger partial charge in [-0.15, -0.1) is 0 Å². The van der Waals surface area contributed by atoms with Crippen LogP contribution in [0.1, 0.15) is 21.7 Å². The third-order valence-corrected chi connectivity index (χ3v) is 3.34. The van der Waals surface area contributed by atoms with Crippen molar-refractivity contribution >= 4 is 5.91 Å². The lowest BCUT2D eigenvalue weighted by Crippen LogP contribution is -2.23. The highest BCUT2D eigenvalue weighted by molar-refractivity contribution is 5.94. The Hall–Kier alpha value is -3.02. The van der Waals surface area contributed by atoms with Gasteiger partial charge >= 0.3 is 0 Å². The quantitative estimate of drug-likeness (QED) is 0.771. The first-order valence-electron chi connectivity index (χ1n) is 6.89. The Labute approximate surface area is 127 Å². The minimum absolute atomic E-state index is 0.200. The van der Waals surface area contributed by atoms with Crippen molar-refractivity contribution in [2.45, 2.75) is 13.5 Å². The summed E-state index contributed by atoms with van der Waals surface area (Å²) in [7, 11) is 0. The molecule has 0 saturated carbocycles. The van der Waals surface area contributed by atoms with E-state index in [4.69, 9.17) is 0 Å². The fourth-order valence-corrected chi connectivity index (χ4v) is 2.07. The summed E-state index contributed by atoms with van der Waals surface area (Å²) in [6.45, 7) is 2.28. The number of carbonyl (C=O) groups is 1. The Bertz CT molecular complexity index is 782. The molecule has 0 saturated heterocycles. The van der Waals surface area contributed by atoms with Crippen molar-refractivity contribution in [3.05, 3.63) is 65.9 Å². The Morgan fingerprint density at radius 3 is 2.82 bits per heavy atom. The minimum Gasteiger partial charge on any atom is -0.348 e. The predicted octanol–water partition coefficient (Wildman–Crippen LogP) is 2.11. The number of aromatic nitrogens is 4. The maximum absolute atomic E-state index is 12.2. The molecular formula is C16H15N5O. The van der Waals surface area contributed by atoms with Crippen molar-refractivity contribution in [3.8, 4) is 11.3 Å². The van der Waals surface area contributed by atoms with E-state index in [9.17, 15) is 4.79 Å². The van der Waals surface area contributed by atoms with Gasteiger partial charge in [0.2, 0.25) is 0 Å². The van der Waals surface area contributed by atoms with Crippen LogP contribution in [0.5, 0.6) is 0 Å². The first-order chi connectivity index (χ1) is 10.7. The molecule has 2 N–H and O–H groups in total. The second-order valence-electron chi connectivity index (χ2n) is 4.85. The number of rotatable bonds is 4. The molecule has 0 fully saturated rings. The largest absolute Gasteiger partial charge is 0.348 e. The summed E-state index contributed by atoms with van der Waals surface area (Å²) in [6, 6.07) is 11.4. The molecule has 22 heavy (non-hydrogen) atoms. The normalized spacial score (nSPS) is 10.4. The molecule has 0 bridgehead atoms. The highest BCUT2D eigenvalue weighted by Crippen LogP contribution is 2.16. The maximum atomic E-state index is 12.2. The van der Waals surface area contributed by atoms with Crippen molar-refractivity contribution in [1.82, 2.24) is 25.5 Å². The van der Waals surface area contributed by atoms with Gasteiger partial charge in [0.15, 0.2) is 0 Å². The van der Waals surface area contributed by atoms with Crippen LogP contribution >= 0.6 is 0 Å². The zero-order valence-electron chi connectivity index (χ0n) is 12.1. The zero-order valence-corrected chi connectivity index (χ0v) is 12.1. The van der Waals surface area contributed by atoms with E-state index in [2.05, 4.69) is 25.5 Å². The first-order valence-corrected chi connectivity index (χ1v) is 6.89. The molecule has 0 atom stereocenters. The lowest BCUT2D eigenvalue weighted by molar-refractivity contribution is 0.0950. The number of H-pyrrole nitrogens is 1. The Kier molecular flexibility index (Phi) is 3.91. The summed E-state index contributed by atoms with van der Waals surface area (Å²) in [5, 5.41) is 10.8. The van der Waals surface area contributed by atoms with E-state index in [1.54, 1.807) is 12.4 Å². The molecule has 0 aliphatic rings. The van der Waals surface area contributed by atoms with Crippen LogP contribution < -0.4 is 5.32 Å². The number of benzene rings is 1. The van der Waals surface area contributed by atoms with Crippen molar-refractivity contribution in [2.24, 2.45) is 0 Å². The van der Waals surface area contributed by atoms with Crippen molar-refractivity contribution in [1.29, 1.82) is 0 Å². The highest BCUT2D eigenvalue weighted by Gasteiger charge is 2.10. The van der Waals surface area contributed by atoms with Gasteiger partial charge in [-0.05, 0) is 13.0 Å². The molecule has 0 unspecified atom stereocenters. The number of imidazole rings is 1. The number of hydrogen-bond donors (Lipinski definition) is 2. The van der Waals surface area contributed by atoms with Gasteiger partial charge in [0.05, 0.1) is 36.0 Å². The van der Waals surface area contributed by atoms with Crippen molar-refractivity contribution < 1.29 is 4.79 Å². The van der Waals surface area contributed by atoms with Crippen LogP contribution in [0.4, 0.5) is 0 Å². The van der Waals surface area contributed by atoms with Gasteiger partial charge in [0.25, 0.3) is 5.91 Å². The van der Waals surface area contributed by atoms with E-state index in [-0.39, 0.29) is 5.91 Å². The lowest BCUT2D eigenvalue weighted by atomic mass is 10.1. The zero-order chi connectivity index (χ0) is 15.4. The topological polar surface area (TPSA) is 83.6 Å². The molecule has 2 heterocycles. The second-order valence-corrected chi connectivity index (χ2v) is 4.85. The van der Waals surface area contributed by atoms with E-state index in [0.717, 1.165) is 17.0 Å². The van der Waals surface area contributed by atoms with Gasteiger partial charge in [0, 0.05) is 11.3 Å². The average Bonchev–Trinajstić information content (AvgIpc) is 2.99. The molecule has 6 heteroatoms. The summed E-state index contributed by atoms with van der Waals surface area (Å²) in [4.78, 5) is 19.3. The van der Waals surface area contributed by atoms with Gasteiger partial charge in [0.1, 0.15) is 0 Å². The third-order valence-electron chi connectivity index (χ3n) is 3.34. The van der Waals surface area contributed by atoms with Crippen LogP contribution in [0.15, 0.2) is 48.9 Å². The standard InChI is InChI=1S/C16H15N5O/c1-11-15(19-10-18-11)9-17-16(22)13-7-14(21-20-8-13)12-5-3-2-4-6-12/h2-8,10H,9H2,1H3,(H,17,22)(H,18,19). The van der Waals surface area contributed by atoms with Gasteiger partial charge in [-0.2, -0.15) is 10.2 Å². The van der Waals surface area contributed by atoms with Crippen LogP contribution in [-0.2, 0) is 6.54 Å². The van der Waals surface area contributed by atoms with Crippen LogP contribution in [0, 0.1) is 6.92 Å². The Morgan fingerprint density at radius 2 is 2.09 bits per heavy atom. The molecule has 6 nitrogen and oxygen atoms in total. The first kappa shape index (κ1) is 13.9. The smallest absolute Gasteiger partial charge is 0.253 e. The molecule has 1 amide bonds. The van der Waals surface area contributed by atoms with E-state index in [0.29, 0.717) is 17.8 Å². The highest BCUT2D eigenvalue weighted by atomic mass is 16.1. The van der Waals surface area contributed by atoms with Gasteiger partial charge in [-0.25, -0.2) is 4.98 Å². The number of aromatic amines is 1. The molecule has 0 aliphatic heterocycles. The van der Waals surface area contributed by atoms with Crippen LogP contribution in [0.3, 0.4) is 0 Å². The number of amides is 1. The Balaban J connectivity index is 1.74. The molecule has 110 valence electrons. The number of nitrogens with one attached hydrogen (secondary N) is 2. The number of carbonyl (C=O) groups excluding carboxylic acids is 1. The van der Waals surface area contributed by atoms with E-state index in [1.165, 1.54) is 6.20 Å². The number of hydrogen-bond acceptors (Lipinski definition) is 4. The minimum atomic E-state index is -0.200. The second kappa shape index (κ2) is 6.17. The molecule has 0 aliphatic carbocycles. The summed E-state index contributed by atoms with van der Waals surface area (Å²) < 4.78 is 0. The molecule has 3 aromatic rings. The van der Waals surface area contributed by atoms with Crippen LogP contribution in [0.25, 0.3) is 11.3 Å². The molecule has 1 aromatic carbocycles. The lowest BCUT2D eigenvalue weighted by Gasteiger charge is -2.05. The molecule has 0 radical (unpaired) electrons. The average molecular weight is 293 g/mol. The number of aryl methyl sites for hydroxylation is 1. The third kappa shape index (κ3) is 3.01. The monoisotopic (exact) mass is 293 g/mol. The van der Waals surface area contributed by atoms with Gasteiger partial charge in [-0.1, -0.05) is 30.3 Å². The van der Waals surface area contributed by atoms with E-state index in [1.807, 2.05) is 37.3 Å². The fraction of sp³-hybridized carbons (Fsp3) is 0.125. The summed E-state index contributed by atoms with van der Waals surface area (Å²) in [6.07, 6.45) is 3.07. The molecule has 2 aromatic heterocycles.